The Morgan fingerprint density at radius 2 is 1.67 bits per heavy atom. The van der Waals surface area contributed by atoms with Gasteiger partial charge in [0.1, 0.15) is 11.5 Å². The van der Waals surface area contributed by atoms with Crippen molar-refractivity contribution in [1.82, 2.24) is 4.98 Å². The van der Waals surface area contributed by atoms with Gasteiger partial charge in [-0.15, -0.1) is 0 Å². The summed E-state index contributed by atoms with van der Waals surface area (Å²) in [4.78, 5) is 4.31. The second kappa shape index (κ2) is 7.83. The van der Waals surface area contributed by atoms with Crippen LogP contribution in [0, 0.1) is 0 Å². The number of ether oxygens (including phenoxy) is 2. The number of hydrogen-bond acceptors (Lipinski definition) is 5. The first-order valence-corrected chi connectivity index (χ1v) is 8.77. The van der Waals surface area contributed by atoms with Crippen LogP contribution in [-0.4, -0.2) is 17.2 Å². The van der Waals surface area contributed by atoms with E-state index in [1.54, 1.807) is 24.4 Å². The molecule has 5 nitrogen and oxygen atoms in total. The molecule has 1 aromatic heterocycles. The van der Waals surface area contributed by atoms with E-state index in [1.165, 1.54) is 7.11 Å². The van der Waals surface area contributed by atoms with Crippen LogP contribution >= 0.6 is 0 Å². The number of nitrogens with zero attached hydrogens (tertiary/aromatic N) is 1. The molecule has 0 amide bonds. The van der Waals surface area contributed by atoms with Crippen molar-refractivity contribution in [3.63, 3.8) is 0 Å². The molecule has 0 unspecified atom stereocenters. The summed E-state index contributed by atoms with van der Waals surface area (Å²) >= 11 is 0. The van der Waals surface area contributed by atoms with E-state index in [2.05, 4.69) is 4.98 Å². The van der Waals surface area contributed by atoms with E-state index < -0.39 is 0 Å². The van der Waals surface area contributed by atoms with Crippen LogP contribution in [0.15, 0.2) is 60.8 Å². The molecule has 138 valence electrons. The molecule has 3 N–H and O–H groups in total. The number of rotatable bonds is 3. The number of phenolic OH excluding ortho intramolecular Hbond substituents is 1. The van der Waals surface area contributed by atoms with E-state index in [1.807, 2.05) is 50.2 Å². The monoisotopic (exact) mass is 362 g/mol. The Labute approximate surface area is 158 Å². The van der Waals surface area contributed by atoms with E-state index in [-0.39, 0.29) is 5.75 Å². The van der Waals surface area contributed by atoms with Gasteiger partial charge in [-0.3, -0.25) is 4.98 Å². The molecule has 3 aromatic carbocycles. The molecule has 0 aliphatic heterocycles. The standard InChI is InChI=1S/C20H16N2O3.C2H6/c1-24-20-11-17-16(10-18(20)23)19(6-7-22-17)25-15-5-3-12-2-4-14(21)8-13(12)9-15;1-2/h2-11,23H,21H2,1H3;1-2H3. The summed E-state index contributed by atoms with van der Waals surface area (Å²) in [7, 11) is 1.50. The van der Waals surface area contributed by atoms with Gasteiger partial charge >= 0.3 is 0 Å². The third-order valence-corrected chi connectivity index (χ3v) is 4.07. The number of aromatic nitrogens is 1. The summed E-state index contributed by atoms with van der Waals surface area (Å²) in [5, 5.41) is 12.8. The van der Waals surface area contributed by atoms with Crippen molar-refractivity contribution in [2.75, 3.05) is 12.8 Å². The fraction of sp³-hybridized carbons (Fsp3) is 0.136. The van der Waals surface area contributed by atoms with Crippen molar-refractivity contribution >= 4 is 27.4 Å². The summed E-state index contributed by atoms with van der Waals surface area (Å²) in [5.41, 5.74) is 7.24. The maximum absolute atomic E-state index is 10.0. The second-order valence-corrected chi connectivity index (χ2v) is 5.72. The first kappa shape index (κ1) is 18.3. The first-order chi connectivity index (χ1) is 13.1. The number of anilines is 1. The summed E-state index contributed by atoms with van der Waals surface area (Å²) in [6, 6.07) is 16.6. The molecule has 0 atom stereocenters. The first-order valence-electron chi connectivity index (χ1n) is 8.77. The van der Waals surface area contributed by atoms with Gasteiger partial charge in [-0.1, -0.05) is 26.0 Å². The normalized spacial score (nSPS) is 10.3. The molecule has 0 bridgehead atoms. The highest BCUT2D eigenvalue weighted by molar-refractivity contribution is 5.89. The van der Waals surface area contributed by atoms with Crippen LogP contribution in [-0.2, 0) is 0 Å². The molecule has 4 aromatic rings. The van der Waals surface area contributed by atoms with Crippen LogP contribution < -0.4 is 15.2 Å². The largest absolute Gasteiger partial charge is 0.504 e. The highest BCUT2D eigenvalue weighted by atomic mass is 16.5. The number of methoxy groups -OCH3 is 1. The molecular formula is C22H22N2O3. The Morgan fingerprint density at radius 3 is 2.44 bits per heavy atom. The van der Waals surface area contributed by atoms with Gasteiger partial charge in [0.05, 0.1) is 12.6 Å². The highest BCUT2D eigenvalue weighted by Gasteiger charge is 2.10. The van der Waals surface area contributed by atoms with Crippen LogP contribution in [0.25, 0.3) is 21.7 Å². The summed E-state index contributed by atoms with van der Waals surface area (Å²) in [6.07, 6.45) is 1.66. The maximum atomic E-state index is 10.0. The zero-order valence-corrected chi connectivity index (χ0v) is 15.6. The quantitative estimate of drug-likeness (QED) is 0.470. The van der Waals surface area contributed by atoms with Crippen LogP contribution in [0.2, 0.25) is 0 Å². The van der Waals surface area contributed by atoms with Crippen molar-refractivity contribution in [3.05, 3.63) is 60.8 Å². The van der Waals surface area contributed by atoms with Gasteiger partial charge in [0.15, 0.2) is 11.5 Å². The van der Waals surface area contributed by atoms with Gasteiger partial charge in [-0.2, -0.15) is 0 Å². The molecule has 0 fully saturated rings. The van der Waals surface area contributed by atoms with Gasteiger partial charge in [0.25, 0.3) is 0 Å². The van der Waals surface area contributed by atoms with Crippen molar-refractivity contribution in [3.8, 4) is 23.0 Å². The molecule has 0 saturated heterocycles. The Balaban J connectivity index is 0.00000102. The van der Waals surface area contributed by atoms with E-state index in [9.17, 15) is 5.11 Å². The molecular weight excluding hydrogens is 340 g/mol. The molecule has 0 saturated carbocycles. The van der Waals surface area contributed by atoms with Crippen molar-refractivity contribution < 1.29 is 14.6 Å². The molecule has 27 heavy (non-hydrogen) atoms. The number of fused-ring (bicyclic) bond motifs is 2. The predicted octanol–water partition coefficient (Wildman–Crippen LogP) is 5.50. The van der Waals surface area contributed by atoms with Crippen molar-refractivity contribution in [1.29, 1.82) is 0 Å². The maximum Gasteiger partial charge on any atom is 0.162 e. The van der Waals surface area contributed by atoms with Gasteiger partial charge < -0.3 is 20.3 Å². The summed E-state index contributed by atoms with van der Waals surface area (Å²) < 4.78 is 11.2. The van der Waals surface area contributed by atoms with E-state index in [4.69, 9.17) is 15.2 Å². The number of phenols is 1. The Morgan fingerprint density at radius 1 is 0.889 bits per heavy atom. The Hall–Kier alpha value is -3.47. The fourth-order valence-electron chi connectivity index (χ4n) is 2.82. The van der Waals surface area contributed by atoms with Crippen LogP contribution in [0.4, 0.5) is 5.69 Å². The van der Waals surface area contributed by atoms with Crippen molar-refractivity contribution in [2.45, 2.75) is 13.8 Å². The van der Waals surface area contributed by atoms with Crippen molar-refractivity contribution in [2.24, 2.45) is 0 Å². The third kappa shape index (κ3) is 3.72. The van der Waals surface area contributed by atoms with E-state index in [0.717, 1.165) is 10.8 Å². The van der Waals surface area contributed by atoms with E-state index in [0.29, 0.717) is 33.8 Å². The lowest BCUT2D eigenvalue weighted by Crippen LogP contribution is -1.90. The zero-order valence-electron chi connectivity index (χ0n) is 15.6. The number of aromatic hydroxyl groups is 1. The number of hydrogen-bond donors (Lipinski definition) is 2. The number of benzene rings is 3. The highest BCUT2D eigenvalue weighted by Crippen LogP contribution is 2.36. The van der Waals surface area contributed by atoms with Crippen LogP contribution in [0.5, 0.6) is 23.0 Å². The number of nitrogen functional groups attached to an aromatic ring is 1. The van der Waals surface area contributed by atoms with Gasteiger partial charge in [-0.05, 0) is 47.2 Å². The molecule has 0 radical (unpaired) electrons. The van der Waals surface area contributed by atoms with Crippen LogP contribution in [0.3, 0.4) is 0 Å². The Bertz CT molecular complexity index is 1090. The summed E-state index contributed by atoms with van der Waals surface area (Å²) in [6.45, 7) is 4.00. The molecule has 0 aliphatic carbocycles. The smallest absolute Gasteiger partial charge is 0.162 e. The topological polar surface area (TPSA) is 77.6 Å². The molecule has 4 rings (SSSR count). The average Bonchev–Trinajstić information content (AvgIpc) is 2.69. The lowest BCUT2D eigenvalue weighted by Gasteiger charge is -2.11. The summed E-state index contributed by atoms with van der Waals surface area (Å²) in [5.74, 6) is 1.70. The predicted molar refractivity (Wildman–Crippen MR) is 110 cm³/mol. The number of nitrogens with two attached hydrogens (primary N) is 1. The minimum atomic E-state index is 0.0409. The minimum Gasteiger partial charge on any atom is -0.504 e. The van der Waals surface area contributed by atoms with Gasteiger partial charge in [-0.25, -0.2) is 0 Å². The second-order valence-electron chi connectivity index (χ2n) is 5.72. The molecule has 1 heterocycles. The lowest BCUT2D eigenvalue weighted by atomic mass is 10.1. The molecule has 0 aliphatic rings. The van der Waals surface area contributed by atoms with Crippen LogP contribution in [0.1, 0.15) is 13.8 Å². The fourth-order valence-corrected chi connectivity index (χ4v) is 2.82. The van der Waals surface area contributed by atoms with Gasteiger partial charge in [0.2, 0.25) is 0 Å². The number of pyridine rings is 1. The van der Waals surface area contributed by atoms with Gasteiger partial charge in [0, 0.05) is 23.3 Å². The zero-order chi connectivity index (χ0) is 19.4. The third-order valence-electron chi connectivity index (χ3n) is 4.07. The molecule has 0 spiro atoms. The minimum absolute atomic E-state index is 0.0409. The Kier molecular flexibility index (Phi) is 5.31. The SMILES string of the molecule is CC.COc1cc2nccc(Oc3ccc4ccc(N)cc4c3)c2cc1O. The average molecular weight is 362 g/mol. The lowest BCUT2D eigenvalue weighted by molar-refractivity contribution is 0.374. The molecule has 5 heteroatoms. The van der Waals surface area contributed by atoms with E-state index >= 15 is 0 Å².